The Morgan fingerprint density at radius 3 is 2.26 bits per heavy atom. The van der Waals surface area contributed by atoms with E-state index >= 15 is 0 Å². The normalized spacial score (nSPS) is 16.7. The summed E-state index contributed by atoms with van der Waals surface area (Å²) in [6.07, 6.45) is 2.51. The van der Waals surface area contributed by atoms with E-state index in [2.05, 4.69) is 40.5 Å². The Kier molecular flexibility index (Phi) is 6.88. The lowest BCUT2D eigenvalue weighted by Crippen LogP contribution is -2.49. The Labute approximate surface area is 207 Å². The first-order chi connectivity index (χ1) is 17.0. The maximum Gasteiger partial charge on any atom is 0.322 e. The molecule has 182 valence electrons. The molecule has 0 aliphatic carbocycles. The number of rotatable bonds is 6. The average Bonchev–Trinajstić information content (AvgIpc) is 3.33. The number of hydrogen-bond donors (Lipinski definition) is 1. The first kappa shape index (κ1) is 23.6. The minimum atomic E-state index is -3.27. The number of carbonyl (C=O) groups excluding carboxylic acids is 1. The second-order valence-electron chi connectivity index (χ2n) is 9.31. The van der Waals surface area contributed by atoms with E-state index in [1.54, 1.807) is 24.3 Å². The number of benzene rings is 3. The molecule has 2 amide bonds. The molecule has 3 aromatic rings. The van der Waals surface area contributed by atoms with Crippen LogP contribution in [0.3, 0.4) is 0 Å². The van der Waals surface area contributed by atoms with Crippen LogP contribution in [0.4, 0.5) is 10.5 Å². The van der Waals surface area contributed by atoms with Crippen molar-refractivity contribution in [2.45, 2.75) is 30.2 Å². The number of piperidine rings is 1. The van der Waals surface area contributed by atoms with E-state index < -0.39 is 9.84 Å². The number of nitrogens with zero attached hydrogens (tertiary/aromatic N) is 2. The number of carbonyl (C=O) groups is 1. The maximum atomic E-state index is 13.0. The Balaban J connectivity index is 1.12. The third-order valence-electron chi connectivity index (χ3n) is 7.02. The lowest BCUT2D eigenvalue weighted by atomic mass is 10.0. The van der Waals surface area contributed by atoms with Gasteiger partial charge in [0.1, 0.15) is 0 Å². The summed E-state index contributed by atoms with van der Waals surface area (Å²) in [7, 11) is -3.27. The number of hydrogen-bond acceptors (Lipinski definition) is 4. The highest BCUT2D eigenvalue weighted by molar-refractivity contribution is 7.91. The molecule has 0 unspecified atom stereocenters. The standard InChI is InChI=1S/C28H31N3O3S/c32-28(31-18-13-24-21-23(11-12-27(24)31)22-7-3-1-4-8-22)29-25-14-16-30(17-15-25)19-20-35(33,34)26-9-5-2-6-10-26/h1-12,21,25H,13-20H2,(H,29,32). The van der Waals surface area contributed by atoms with Gasteiger partial charge >= 0.3 is 6.03 Å². The minimum absolute atomic E-state index is 0.0404. The van der Waals surface area contributed by atoms with Crippen LogP contribution in [0.2, 0.25) is 0 Å². The summed E-state index contributed by atoms with van der Waals surface area (Å²) in [5, 5.41) is 3.21. The molecule has 0 saturated carbocycles. The lowest BCUT2D eigenvalue weighted by molar-refractivity contribution is 0.201. The van der Waals surface area contributed by atoms with Crippen molar-refractivity contribution in [3.8, 4) is 11.1 Å². The smallest absolute Gasteiger partial charge is 0.322 e. The highest BCUT2D eigenvalue weighted by Crippen LogP contribution is 2.32. The van der Waals surface area contributed by atoms with Crippen molar-refractivity contribution >= 4 is 21.6 Å². The summed E-state index contributed by atoms with van der Waals surface area (Å²) in [6.45, 7) is 2.77. The summed E-state index contributed by atoms with van der Waals surface area (Å²) in [6, 6.07) is 25.3. The van der Waals surface area contributed by atoms with Gasteiger partial charge < -0.3 is 10.2 Å². The van der Waals surface area contributed by atoms with Crippen LogP contribution in [0.1, 0.15) is 18.4 Å². The molecular weight excluding hydrogens is 458 g/mol. The van der Waals surface area contributed by atoms with Gasteiger partial charge in [-0.1, -0.05) is 54.6 Å². The highest BCUT2D eigenvalue weighted by atomic mass is 32.2. The molecule has 2 heterocycles. The number of nitrogens with one attached hydrogen (secondary N) is 1. The summed E-state index contributed by atoms with van der Waals surface area (Å²) >= 11 is 0. The van der Waals surface area contributed by atoms with Crippen LogP contribution in [0.15, 0.2) is 83.8 Å². The van der Waals surface area contributed by atoms with Gasteiger partial charge in [0.25, 0.3) is 0 Å². The van der Waals surface area contributed by atoms with Crippen molar-refractivity contribution in [1.29, 1.82) is 0 Å². The zero-order valence-corrected chi connectivity index (χ0v) is 20.6. The van der Waals surface area contributed by atoms with Gasteiger partial charge in [0, 0.05) is 37.9 Å². The molecule has 0 aromatic heterocycles. The summed E-state index contributed by atoms with van der Waals surface area (Å²) in [5.41, 5.74) is 4.55. The van der Waals surface area contributed by atoms with Gasteiger partial charge in [-0.15, -0.1) is 0 Å². The highest BCUT2D eigenvalue weighted by Gasteiger charge is 2.28. The first-order valence-electron chi connectivity index (χ1n) is 12.3. The van der Waals surface area contributed by atoms with Gasteiger partial charge in [0.05, 0.1) is 10.6 Å². The fourth-order valence-electron chi connectivity index (χ4n) is 4.97. The minimum Gasteiger partial charge on any atom is -0.335 e. The number of amides is 2. The Bertz CT molecular complexity index is 1270. The molecule has 35 heavy (non-hydrogen) atoms. The fourth-order valence-corrected chi connectivity index (χ4v) is 6.28. The van der Waals surface area contributed by atoms with Crippen LogP contribution in [0.25, 0.3) is 11.1 Å². The molecule has 0 spiro atoms. The molecule has 2 aliphatic heterocycles. The Morgan fingerprint density at radius 1 is 0.857 bits per heavy atom. The van der Waals surface area contributed by atoms with Crippen molar-refractivity contribution < 1.29 is 13.2 Å². The van der Waals surface area contributed by atoms with E-state index in [-0.39, 0.29) is 17.8 Å². The van der Waals surface area contributed by atoms with E-state index in [1.165, 1.54) is 16.7 Å². The van der Waals surface area contributed by atoms with E-state index in [0.717, 1.165) is 38.0 Å². The molecule has 5 rings (SSSR count). The molecule has 1 saturated heterocycles. The SMILES string of the molecule is O=C(NC1CCN(CCS(=O)(=O)c2ccccc2)CC1)N1CCc2cc(-c3ccccc3)ccc21. The largest absolute Gasteiger partial charge is 0.335 e. The summed E-state index contributed by atoms with van der Waals surface area (Å²) < 4.78 is 25.1. The molecule has 0 bridgehead atoms. The molecule has 0 atom stereocenters. The van der Waals surface area contributed by atoms with Gasteiger partial charge in [-0.3, -0.25) is 4.90 Å². The van der Waals surface area contributed by atoms with Crippen LogP contribution in [-0.2, 0) is 16.3 Å². The van der Waals surface area contributed by atoms with Gasteiger partial charge in [-0.25, -0.2) is 13.2 Å². The number of urea groups is 1. The predicted molar refractivity (Wildman–Crippen MR) is 139 cm³/mol. The lowest BCUT2D eigenvalue weighted by Gasteiger charge is -2.33. The van der Waals surface area contributed by atoms with Crippen LogP contribution in [0.5, 0.6) is 0 Å². The van der Waals surface area contributed by atoms with E-state index in [4.69, 9.17) is 0 Å². The van der Waals surface area contributed by atoms with Crippen molar-refractivity contribution in [2.75, 3.05) is 36.8 Å². The van der Waals surface area contributed by atoms with Crippen LogP contribution in [0, 0.1) is 0 Å². The van der Waals surface area contributed by atoms with Crippen LogP contribution < -0.4 is 10.2 Å². The third-order valence-corrected chi connectivity index (χ3v) is 8.73. The predicted octanol–water partition coefficient (Wildman–Crippen LogP) is 4.36. The van der Waals surface area contributed by atoms with Crippen molar-refractivity contribution in [3.63, 3.8) is 0 Å². The molecule has 0 radical (unpaired) electrons. The molecular formula is C28H31N3O3S. The fraction of sp³-hybridized carbons (Fsp3) is 0.321. The number of sulfone groups is 1. The quantitative estimate of drug-likeness (QED) is 0.559. The molecule has 7 heteroatoms. The van der Waals surface area contributed by atoms with Crippen molar-refractivity contribution in [3.05, 3.63) is 84.4 Å². The number of fused-ring (bicyclic) bond motifs is 1. The van der Waals surface area contributed by atoms with Crippen LogP contribution >= 0.6 is 0 Å². The zero-order chi connectivity index (χ0) is 24.3. The molecule has 3 aromatic carbocycles. The van der Waals surface area contributed by atoms with Gasteiger partial charge in [-0.05, 0) is 60.2 Å². The Morgan fingerprint density at radius 2 is 1.54 bits per heavy atom. The topological polar surface area (TPSA) is 69.7 Å². The monoisotopic (exact) mass is 489 g/mol. The van der Waals surface area contributed by atoms with Gasteiger partial charge in [-0.2, -0.15) is 0 Å². The second kappa shape index (κ2) is 10.2. The van der Waals surface area contributed by atoms with Crippen LogP contribution in [-0.4, -0.2) is 57.3 Å². The molecule has 2 aliphatic rings. The van der Waals surface area contributed by atoms with Gasteiger partial charge in [0.15, 0.2) is 9.84 Å². The van der Waals surface area contributed by atoms with E-state index in [1.807, 2.05) is 29.2 Å². The maximum absolute atomic E-state index is 13.0. The first-order valence-corrected chi connectivity index (χ1v) is 13.9. The Hall–Kier alpha value is -3.16. The molecule has 1 fully saturated rings. The number of likely N-dealkylation sites (tertiary alicyclic amines) is 1. The van der Waals surface area contributed by atoms with Gasteiger partial charge in [0.2, 0.25) is 0 Å². The second-order valence-corrected chi connectivity index (χ2v) is 11.4. The van der Waals surface area contributed by atoms with E-state index in [9.17, 15) is 13.2 Å². The average molecular weight is 490 g/mol. The molecule has 6 nitrogen and oxygen atoms in total. The summed E-state index contributed by atoms with van der Waals surface area (Å²) in [5.74, 6) is 0.115. The third kappa shape index (κ3) is 5.41. The number of anilines is 1. The summed E-state index contributed by atoms with van der Waals surface area (Å²) in [4.78, 5) is 17.5. The zero-order valence-electron chi connectivity index (χ0n) is 19.8. The van der Waals surface area contributed by atoms with Crippen molar-refractivity contribution in [1.82, 2.24) is 10.2 Å². The van der Waals surface area contributed by atoms with Crippen molar-refractivity contribution in [2.24, 2.45) is 0 Å². The molecule has 1 N–H and O–H groups in total. The van der Waals surface area contributed by atoms with E-state index in [0.29, 0.717) is 18.0 Å².